The lowest BCUT2D eigenvalue weighted by Gasteiger charge is -2.35. The van der Waals surface area contributed by atoms with Crippen molar-refractivity contribution in [1.82, 2.24) is 15.5 Å². The van der Waals surface area contributed by atoms with Gasteiger partial charge in [-0.05, 0) is 72.4 Å². The summed E-state index contributed by atoms with van der Waals surface area (Å²) >= 11 is 0. The molecule has 0 aliphatic heterocycles. The minimum Gasteiger partial charge on any atom is -0.444 e. The zero-order chi connectivity index (χ0) is 24.8. The number of hydrogen-bond acceptors (Lipinski definition) is 4. The number of carbonyl (C=O) groups is 3. The highest BCUT2D eigenvalue weighted by Crippen LogP contribution is 2.27. The molecule has 0 saturated heterocycles. The van der Waals surface area contributed by atoms with Crippen LogP contribution in [-0.4, -0.2) is 47.0 Å². The number of aryl methyl sites for hydroxylation is 2. The van der Waals surface area contributed by atoms with Gasteiger partial charge < -0.3 is 20.3 Å². The molecule has 32 heavy (non-hydrogen) atoms. The average Bonchev–Trinajstić information content (AvgIpc) is 2.63. The zero-order valence-corrected chi connectivity index (χ0v) is 21.3. The molecule has 2 N–H and O–H groups in total. The van der Waals surface area contributed by atoms with Crippen molar-refractivity contribution in [3.8, 4) is 0 Å². The van der Waals surface area contributed by atoms with Gasteiger partial charge in [0, 0.05) is 12.6 Å². The second-order valence-corrected chi connectivity index (χ2v) is 9.92. The summed E-state index contributed by atoms with van der Waals surface area (Å²) in [5.74, 6) is -0.765. The number of ether oxygens (including phenoxy) is 1. The maximum absolute atomic E-state index is 13.7. The maximum atomic E-state index is 13.7. The number of rotatable bonds is 8. The molecule has 0 saturated carbocycles. The monoisotopic (exact) mass is 447 g/mol. The molecular formula is C25H41N3O4. The molecule has 0 bridgehead atoms. The van der Waals surface area contributed by atoms with Gasteiger partial charge in [0.05, 0.1) is 0 Å². The van der Waals surface area contributed by atoms with Crippen LogP contribution in [0.3, 0.4) is 0 Å². The lowest BCUT2D eigenvalue weighted by atomic mass is 9.95. The van der Waals surface area contributed by atoms with Crippen molar-refractivity contribution in [3.05, 3.63) is 34.9 Å². The average molecular weight is 448 g/mol. The van der Waals surface area contributed by atoms with E-state index in [4.69, 9.17) is 4.74 Å². The number of likely N-dealkylation sites (N-methyl/N-ethyl adjacent to an activating group) is 1. The Hall–Kier alpha value is -2.57. The minimum absolute atomic E-state index is 0.0790. The Morgan fingerprint density at radius 2 is 1.62 bits per heavy atom. The highest BCUT2D eigenvalue weighted by Gasteiger charge is 2.37. The van der Waals surface area contributed by atoms with Gasteiger partial charge in [0.15, 0.2) is 0 Å². The zero-order valence-electron chi connectivity index (χ0n) is 21.3. The summed E-state index contributed by atoms with van der Waals surface area (Å²) in [5, 5.41) is 5.67. The van der Waals surface area contributed by atoms with Gasteiger partial charge in [-0.2, -0.15) is 0 Å². The molecule has 7 heteroatoms. The smallest absolute Gasteiger partial charge is 0.408 e. The van der Waals surface area contributed by atoms with E-state index in [1.54, 1.807) is 25.7 Å². The van der Waals surface area contributed by atoms with E-state index in [0.29, 0.717) is 6.54 Å². The first-order valence-corrected chi connectivity index (χ1v) is 11.3. The number of benzene rings is 1. The Morgan fingerprint density at radius 3 is 2.09 bits per heavy atom. The summed E-state index contributed by atoms with van der Waals surface area (Å²) in [7, 11) is 0. The van der Waals surface area contributed by atoms with E-state index in [2.05, 4.69) is 10.6 Å². The summed E-state index contributed by atoms with van der Waals surface area (Å²) < 4.78 is 5.36. The van der Waals surface area contributed by atoms with Crippen LogP contribution in [0.1, 0.15) is 78.1 Å². The summed E-state index contributed by atoms with van der Waals surface area (Å²) in [6.07, 6.45) is -0.657. The highest BCUT2D eigenvalue weighted by molar-refractivity contribution is 5.92. The van der Waals surface area contributed by atoms with Crippen LogP contribution in [0.25, 0.3) is 0 Å². The Morgan fingerprint density at radius 1 is 1.03 bits per heavy atom. The maximum Gasteiger partial charge on any atom is 0.408 e. The molecule has 0 aliphatic rings. The Balaban J connectivity index is 3.41. The number of amides is 3. The SMILES string of the molecule is CCN(C(=O)C(NC(=O)OC(C)(C)C)C(C)C)C(C(=O)NC(C)C)c1cc(C)ccc1C. The van der Waals surface area contributed by atoms with Crippen molar-refractivity contribution in [2.75, 3.05) is 6.54 Å². The summed E-state index contributed by atoms with van der Waals surface area (Å²) in [5.41, 5.74) is 2.02. The Labute approximate surface area is 193 Å². The van der Waals surface area contributed by atoms with E-state index >= 15 is 0 Å². The molecule has 1 aromatic rings. The molecule has 0 radical (unpaired) electrons. The van der Waals surface area contributed by atoms with Crippen molar-refractivity contribution in [2.24, 2.45) is 5.92 Å². The normalized spacial score (nSPS) is 13.5. The molecule has 1 rings (SSSR count). The van der Waals surface area contributed by atoms with Gasteiger partial charge in [-0.3, -0.25) is 9.59 Å². The largest absolute Gasteiger partial charge is 0.444 e. The number of nitrogens with one attached hydrogen (secondary N) is 2. The first-order valence-electron chi connectivity index (χ1n) is 11.3. The van der Waals surface area contributed by atoms with E-state index in [9.17, 15) is 14.4 Å². The molecule has 2 atom stereocenters. The van der Waals surface area contributed by atoms with Crippen LogP contribution in [0.2, 0.25) is 0 Å². The predicted molar refractivity (Wildman–Crippen MR) is 127 cm³/mol. The third-order valence-electron chi connectivity index (χ3n) is 4.95. The molecule has 2 unspecified atom stereocenters. The van der Waals surface area contributed by atoms with Crippen molar-refractivity contribution >= 4 is 17.9 Å². The molecule has 3 amide bonds. The third-order valence-corrected chi connectivity index (χ3v) is 4.95. The van der Waals surface area contributed by atoms with Crippen molar-refractivity contribution < 1.29 is 19.1 Å². The van der Waals surface area contributed by atoms with E-state index in [-0.39, 0.29) is 23.8 Å². The summed E-state index contributed by atoms with van der Waals surface area (Å²) in [6.45, 7) is 18.8. The molecule has 0 heterocycles. The fourth-order valence-corrected chi connectivity index (χ4v) is 3.46. The minimum atomic E-state index is -0.829. The lowest BCUT2D eigenvalue weighted by molar-refractivity contribution is -0.143. The topological polar surface area (TPSA) is 87.7 Å². The molecule has 1 aromatic carbocycles. The van der Waals surface area contributed by atoms with E-state index in [1.807, 2.05) is 66.7 Å². The second kappa shape index (κ2) is 11.3. The molecule has 0 fully saturated rings. The van der Waals surface area contributed by atoms with Crippen LogP contribution in [0.15, 0.2) is 18.2 Å². The van der Waals surface area contributed by atoms with Crippen LogP contribution in [0.4, 0.5) is 4.79 Å². The Kier molecular flexibility index (Phi) is 9.73. The molecule has 0 aromatic heterocycles. The van der Waals surface area contributed by atoms with E-state index in [0.717, 1.165) is 16.7 Å². The Bertz CT molecular complexity index is 812. The van der Waals surface area contributed by atoms with Crippen molar-refractivity contribution in [1.29, 1.82) is 0 Å². The number of carbonyl (C=O) groups excluding carboxylic acids is 3. The van der Waals surface area contributed by atoms with Gasteiger partial charge in [-0.1, -0.05) is 37.6 Å². The molecular weight excluding hydrogens is 406 g/mol. The fourth-order valence-electron chi connectivity index (χ4n) is 3.46. The summed E-state index contributed by atoms with van der Waals surface area (Å²) in [4.78, 5) is 41.0. The quantitative estimate of drug-likeness (QED) is 0.623. The van der Waals surface area contributed by atoms with E-state index in [1.165, 1.54) is 0 Å². The van der Waals surface area contributed by atoms with Gasteiger partial charge >= 0.3 is 6.09 Å². The second-order valence-electron chi connectivity index (χ2n) is 9.92. The molecule has 0 aliphatic carbocycles. The number of nitrogens with zero attached hydrogens (tertiary/aromatic N) is 1. The standard InChI is InChI=1S/C25H41N3O4/c1-11-28(23(30)20(15(2)3)27-24(31)32-25(8,9)10)21(22(29)26-16(4)5)19-14-17(6)12-13-18(19)7/h12-16,20-21H,11H2,1-10H3,(H,26,29)(H,27,31). The van der Waals surface area contributed by atoms with Crippen molar-refractivity contribution in [3.63, 3.8) is 0 Å². The van der Waals surface area contributed by atoms with Gasteiger partial charge in [0.25, 0.3) is 0 Å². The lowest BCUT2D eigenvalue weighted by Crippen LogP contribution is -2.55. The van der Waals surface area contributed by atoms with Gasteiger partial charge in [0.2, 0.25) is 11.8 Å². The number of hydrogen-bond donors (Lipinski definition) is 2. The molecule has 7 nitrogen and oxygen atoms in total. The molecule has 180 valence electrons. The summed E-state index contributed by atoms with van der Waals surface area (Å²) in [6, 6.07) is 4.17. The first kappa shape index (κ1) is 27.5. The van der Waals surface area contributed by atoms with E-state index < -0.39 is 23.8 Å². The molecule has 0 spiro atoms. The van der Waals surface area contributed by atoms with Crippen LogP contribution < -0.4 is 10.6 Å². The first-order chi connectivity index (χ1) is 14.7. The van der Waals surface area contributed by atoms with Crippen LogP contribution in [0.5, 0.6) is 0 Å². The van der Waals surface area contributed by atoms with Crippen LogP contribution >= 0.6 is 0 Å². The van der Waals surface area contributed by atoms with Crippen LogP contribution in [-0.2, 0) is 14.3 Å². The van der Waals surface area contributed by atoms with Gasteiger partial charge in [-0.25, -0.2) is 4.79 Å². The third kappa shape index (κ3) is 7.84. The van der Waals surface area contributed by atoms with Gasteiger partial charge in [0.1, 0.15) is 17.7 Å². The van der Waals surface area contributed by atoms with Crippen molar-refractivity contribution in [2.45, 2.75) is 93.0 Å². The van der Waals surface area contributed by atoms with Gasteiger partial charge in [-0.15, -0.1) is 0 Å². The fraction of sp³-hybridized carbons (Fsp3) is 0.640. The van der Waals surface area contributed by atoms with Crippen LogP contribution in [0, 0.1) is 19.8 Å². The highest BCUT2D eigenvalue weighted by atomic mass is 16.6. The number of alkyl carbamates (subject to hydrolysis) is 1. The predicted octanol–water partition coefficient (Wildman–Crippen LogP) is 4.27.